The number of aryl methyl sites for hydroxylation is 2. The summed E-state index contributed by atoms with van der Waals surface area (Å²) in [5.41, 5.74) is 4.97. The fourth-order valence-electron chi connectivity index (χ4n) is 3.57. The molecule has 6 heteroatoms. The largest absolute Gasteiger partial charge is 0.432 e. The van der Waals surface area contributed by atoms with Gasteiger partial charge in [0.15, 0.2) is 11.4 Å². The van der Waals surface area contributed by atoms with Gasteiger partial charge in [-0.15, -0.1) is 0 Å². The van der Waals surface area contributed by atoms with E-state index >= 15 is 0 Å². The monoisotopic (exact) mass is 284 g/mol. The molecule has 0 aromatic carbocycles. The van der Waals surface area contributed by atoms with Crippen molar-refractivity contribution in [2.75, 3.05) is 31.2 Å². The highest BCUT2D eigenvalue weighted by Crippen LogP contribution is 2.43. The Labute approximate surface area is 121 Å². The summed E-state index contributed by atoms with van der Waals surface area (Å²) in [6.07, 6.45) is 0. The van der Waals surface area contributed by atoms with Crippen LogP contribution in [0, 0.1) is 19.3 Å². The van der Waals surface area contributed by atoms with E-state index in [9.17, 15) is 0 Å². The number of anilines is 1. The molecule has 0 radical (unpaired) electrons. The van der Waals surface area contributed by atoms with Crippen LogP contribution in [0.15, 0.2) is 10.5 Å². The molecule has 0 aliphatic carbocycles. The molecule has 1 N–H and O–H groups in total. The van der Waals surface area contributed by atoms with Crippen molar-refractivity contribution in [3.63, 3.8) is 0 Å². The van der Waals surface area contributed by atoms with Gasteiger partial charge in [-0.3, -0.25) is 5.10 Å². The molecule has 1 spiro atoms. The van der Waals surface area contributed by atoms with Crippen molar-refractivity contribution in [3.8, 4) is 0 Å². The number of nitrogens with one attached hydrogen (secondary N) is 1. The number of rotatable bonds is 1. The van der Waals surface area contributed by atoms with Crippen LogP contribution < -0.4 is 4.90 Å². The smallest absolute Gasteiger partial charge is 0.229 e. The van der Waals surface area contributed by atoms with Crippen LogP contribution in [0.5, 0.6) is 0 Å². The van der Waals surface area contributed by atoms with Crippen LogP contribution in [0.25, 0.3) is 22.2 Å². The number of aromatic nitrogens is 3. The summed E-state index contributed by atoms with van der Waals surface area (Å²) in [6, 6.07) is 2.07. The Bertz CT molecular complexity index is 867. The topological polar surface area (TPSA) is 67.2 Å². The molecular weight excluding hydrogens is 268 g/mol. The lowest BCUT2D eigenvalue weighted by Gasteiger charge is -2.54. The summed E-state index contributed by atoms with van der Waals surface area (Å²) in [5, 5.41) is 8.62. The average molecular weight is 284 g/mol. The Morgan fingerprint density at radius 2 is 2.10 bits per heavy atom. The molecule has 5 rings (SSSR count). The van der Waals surface area contributed by atoms with E-state index in [1.165, 1.54) is 5.56 Å². The molecule has 2 saturated heterocycles. The van der Waals surface area contributed by atoms with Gasteiger partial charge in [0.25, 0.3) is 0 Å². The quantitative estimate of drug-likeness (QED) is 0.741. The average Bonchev–Trinajstić information content (AvgIpc) is 2.84. The summed E-state index contributed by atoms with van der Waals surface area (Å²) in [5.74, 6) is 0.901. The molecule has 108 valence electrons. The molecular formula is C15H16N4O2. The van der Waals surface area contributed by atoms with Gasteiger partial charge in [0, 0.05) is 18.8 Å². The number of fused-ring (bicyclic) bond motifs is 3. The lowest BCUT2D eigenvalue weighted by Crippen LogP contribution is -2.66. The zero-order chi connectivity index (χ0) is 14.2. The molecule has 0 unspecified atom stereocenters. The summed E-state index contributed by atoms with van der Waals surface area (Å²) in [4.78, 5) is 6.75. The van der Waals surface area contributed by atoms with Crippen LogP contribution in [0.3, 0.4) is 0 Å². The fourth-order valence-corrected chi connectivity index (χ4v) is 3.57. The van der Waals surface area contributed by atoms with Crippen molar-refractivity contribution in [3.05, 3.63) is 17.3 Å². The lowest BCUT2D eigenvalue weighted by atomic mass is 9.78. The van der Waals surface area contributed by atoms with E-state index < -0.39 is 0 Å². The van der Waals surface area contributed by atoms with Gasteiger partial charge < -0.3 is 14.1 Å². The third kappa shape index (κ3) is 1.40. The molecule has 5 heterocycles. The van der Waals surface area contributed by atoms with Gasteiger partial charge >= 0.3 is 0 Å². The van der Waals surface area contributed by atoms with Crippen LogP contribution in [0.2, 0.25) is 0 Å². The second-order valence-corrected chi connectivity index (χ2v) is 6.46. The van der Waals surface area contributed by atoms with E-state index in [0.717, 1.165) is 54.3 Å². The lowest BCUT2D eigenvalue weighted by molar-refractivity contribution is -0.127. The molecule has 2 aliphatic heterocycles. The SMILES string of the molecule is Cc1cc(C)c2c(n1)oc1c(N3CC4(COC4)C3)n[nH]c12. The van der Waals surface area contributed by atoms with E-state index in [1.54, 1.807) is 0 Å². The molecule has 2 aliphatic rings. The number of ether oxygens (including phenoxy) is 1. The van der Waals surface area contributed by atoms with Gasteiger partial charge in [-0.2, -0.15) is 5.10 Å². The van der Waals surface area contributed by atoms with Crippen molar-refractivity contribution in [1.82, 2.24) is 15.2 Å². The molecule has 0 atom stereocenters. The van der Waals surface area contributed by atoms with Gasteiger partial charge in [0.05, 0.1) is 24.0 Å². The second kappa shape index (κ2) is 3.57. The van der Waals surface area contributed by atoms with Gasteiger partial charge in [-0.05, 0) is 25.5 Å². The van der Waals surface area contributed by atoms with E-state index in [-0.39, 0.29) is 0 Å². The maximum absolute atomic E-state index is 5.98. The van der Waals surface area contributed by atoms with E-state index in [2.05, 4.69) is 33.1 Å². The van der Waals surface area contributed by atoms with E-state index in [4.69, 9.17) is 9.15 Å². The fraction of sp³-hybridized carbons (Fsp3) is 0.467. The van der Waals surface area contributed by atoms with Gasteiger partial charge in [-0.1, -0.05) is 0 Å². The van der Waals surface area contributed by atoms with Crippen molar-refractivity contribution in [2.45, 2.75) is 13.8 Å². The third-order valence-corrected chi connectivity index (χ3v) is 4.63. The minimum absolute atomic E-state index is 0.363. The van der Waals surface area contributed by atoms with Crippen LogP contribution in [-0.4, -0.2) is 41.5 Å². The van der Waals surface area contributed by atoms with Crippen LogP contribution in [0.4, 0.5) is 5.82 Å². The molecule has 21 heavy (non-hydrogen) atoms. The first-order valence-electron chi connectivity index (χ1n) is 7.23. The summed E-state index contributed by atoms with van der Waals surface area (Å²) >= 11 is 0. The number of nitrogens with zero attached hydrogens (tertiary/aromatic N) is 3. The maximum Gasteiger partial charge on any atom is 0.229 e. The molecule has 0 amide bonds. The van der Waals surface area contributed by atoms with Gasteiger partial charge in [-0.25, -0.2) is 4.98 Å². The zero-order valence-corrected chi connectivity index (χ0v) is 12.1. The Morgan fingerprint density at radius 3 is 2.81 bits per heavy atom. The number of furan rings is 1. The molecule has 0 saturated carbocycles. The normalized spacial score (nSPS) is 20.2. The van der Waals surface area contributed by atoms with Crippen molar-refractivity contribution >= 4 is 28.0 Å². The van der Waals surface area contributed by atoms with Crippen LogP contribution >= 0.6 is 0 Å². The van der Waals surface area contributed by atoms with Gasteiger partial charge in [0.2, 0.25) is 5.71 Å². The zero-order valence-electron chi connectivity index (χ0n) is 12.1. The molecule has 3 aromatic heterocycles. The predicted octanol–water partition coefficient (Wildman–Crippen LogP) is 2.16. The highest BCUT2D eigenvalue weighted by atomic mass is 16.5. The second-order valence-electron chi connectivity index (χ2n) is 6.46. The van der Waals surface area contributed by atoms with Crippen LogP contribution in [-0.2, 0) is 4.74 Å². The minimum atomic E-state index is 0.363. The standard InChI is InChI=1S/C15H16N4O2/c1-8-3-9(2)16-14-10(8)11-12(21-14)13(18-17-11)19-4-15(5-19)6-20-7-15/h3H,4-7H2,1-2H3,(H,17,18). The number of H-pyrrole nitrogens is 1. The number of pyridine rings is 1. The Balaban J connectivity index is 1.64. The van der Waals surface area contributed by atoms with Crippen molar-refractivity contribution < 1.29 is 9.15 Å². The molecule has 3 aromatic rings. The first-order valence-corrected chi connectivity index (χ1v) is 7.23. The number of hydrogen-bond donors (Lipinski definition) is 1. The molecule has 6 nitrogen and oxygen atoms in total. The highest BCUT2D eigenvalue weighted by Gasteiger charge is 2.50. The number of aromatic amines is 1. The summed E-state index contributed by atoms with van der Waals surface area (Å²) in [7, 11) is 0. The van der Waals surface area contributed by atoms with Crippen molar-refractivity contribution in [2.24, 2.45) is 5.41 Å². The first-order chi connectivity index (χ1) is 10.2. The van der Waals surface area contributed by atoms with E-state index in [1.807, 2.05) is 6.92 Å². The first kappa shape index (κ1) is 11.6. The van der Waals surface area contributed by atoms with Crippen molar-refractivity contribution in [1.29, 1.82) is 0 Å². The number of hydrogen-bond acceptors (Lipinski definition) is 5. The van der Waals surface area contributed by atoms with E-state index in [0.29, 0.717) is 11.1 Å². The predicted molar refractivity (Wildman–Crippen MR) is 78.6 cm³/mol. The minimum Gasteiger partial charge on any atom is -0.432 e. The van der Waals surface area contributed by atoms with Crippen LogP contribution in [0.1, 0.15) is 11.3 Å². The highest BCUT2D eigenvalue weighted by molar-refractivity contribution is 6.06. The van der Waals surface area contributed by atoms with Gasteiger partial charge in [0.1, 0.15) is 5.52 Å². The molecule has 0 bridgehead atoms. The molecule has 2 fully saturated rings. The summed E-state index contributed by atoms with van der Waals surface area (Å²) in [6.45, 7) is 7.80. The Kier molecular flexibility index (Phi) is 1.96. The summed E-state index contributed by atoms with van der Waals surface area (Å²) < 4.78 is 11.3. The third-order valence-electron chi connectivity index (χ3n) is 4.63. The maximum atomic E-state index is 5.98. The Morgan fingerprint density at radius 1 is 1.29 bits per heavy atom. The Hall–Kier alpha value is -2.08.